The average Bonchev–Trinajstić information content (AvgIpc) is 2.79. The van der Waals surface area contributed by atoms with Crippen LogP contribution in [0.2, 0.25) is 0 Å². The number of hydrogen-bond acceptors (Lipinski definition) is 5. The van der Waals surface area contributed by atoms with Gasteiger partial charge in [-0.05, 0) is 29.7 Å². The van der Waals surface area contributed by atoms with Crippen molar-refractivity contribution in [2.45, 2.75) is 19.9 Å². The van der Waals surface area contributed by atoms with Crippen molar-refractivity contribution in [2.24, 2.45) is 5.92 Å². The number of carboxylic acids is 1. The molecule has 2 rings (SSSR count). The molecule has 0 saturated carbocycles. The van der Waals surface area contributed by atoms with E-state index in [9.17, 15) is 14.4 Å². The van der Waals surface area contributed by atoms with Crippen molar-refractivity contribution < 1.29 is 19.5 Å². The molecule has 6 nitrogen and oxygen atoms in total. The van der Waals surface area contributed by atoms with Gasteiger partial charge in [-0.2, -0.15) is 0 Å². The highest BCUT2D eigenvalue weighted by Gasteiger charge is 2.28. The highest BCUT2D eigenvalue weighted by atomic mass is 32.2. The van der Waals surface area contributed by atoms with E-state index in [1.54, 1.807) is 51.2 Å². The Kier molecular flexibility index (Phi) is 5.97. The van der Waals surface area contributed by atoms with Crippen molar-refractivity contribution in [3.05, 3.63) is 40.3 Å². The Bertz CT molecular complexity index is 756. The molecule has 0 aromatic heterocycles. The number of thiocarbonyl (C=S) groups is 1. The summed E-state index contributed by atoms with van der Waals surface area (Å²) in [5.41, 5.74) is 1.11. The van der Waals surface area contributed by atoms with Crippen LogP contribution in [-0.4, -0.2) is 45.2 Å². The lowest BCUT2D eigenvalue weighted by molar-refractivity contribution is -0.140. The second-order valence-electron chi connectivity index (χ2n) is 5.90. The summed E-state index contributed by atoms with van der Waals surface area (Å²) in [6.45, 7) is 3.46. The van der Waals surface area contributed by atoms with Gasteiger partial charge in [-0.3, -0.25) is 14.5 Å². The van der Waals surface area contributed by atoms with E-state index in [1.165, 1.54) is 16.7 Å². The number of hydrogen-bond donors (Lipinski definition) is 2. The first-order chi connectivity index (χ1) is 11.7. The van der Waals surface area contributed by atoms with Crippen LogP contribution in [0.3, 0.4) is 0 Å². The molecule has 1 atom stereocenters. The highest BCUT2D eigenvalue weighted by Crippen LogP contribution is 2.31. The lowest BCUT2D eigenvalue weighted by Crippen LogP contribution is -2.44. The van der Waals surface area contributed by atoms with Crippen LogP contribution >= 0.6 is 24.0 Å². The molecular formula is C17H18N2O4S2. The molecule has 132 valence electrons. The van der Waals surface area contributed by atoms with Gasteiger partial charge in [0.2, 0.25) is 0 Å². The number of benzene rings is 1. The van der Waals surface area contributed by atoms with Crippen molar-refractivity contribution in [3.8, 4) is 0 Å². The van der Waals surface area contributed by atoms with Gasteiger partial charge in [0.1, 0.15) is 10.4 Å². The number of rotatable bonds is 5. The molecule has 1 heterocycles. The summed E-state index contributed by atoms with van der Waals surface area (Å²) in [6.07, 6.45) is 1.71. The molecule has 0 spiro atoms. The number of nitrogens with one attached hydrogen (secondary N) is 1. The lowest BCUT2D eigenvalue weighted by atomic mass is 10.0. The van der Waals surface area contributed by atoms with Gasteiger partial charge in [0.05, 0.1) is 4.91 Å². The molecule has 1 aliphatic rings. The zero-order valence-electron chi connectivity index (χ0n) is 14.0. The van der Waals surface area contributed by atoms with Crippen molar-refractivity contribution in [1.29, 1.82) is 0 Å². The maximum absolute atomic E-state index is 12.2. The fourth-order valence-electron chi connectivity index (χ4n) is 2.17. The van der Waals surface area contributed by atoms with E-state index in [4.69, 9.17) is 17.3 Å². The van der Waals surface area contributed by atoms with Crippen molar-refractivity contribution in [2.75, 3.05) is 7.05 Å². The number of nitrogens with zero attached hydrogens (tertiary/aromatic N) is 1. The first-order valence-electron chi connectivity index (χ1n) is 7.56. The van der Waals surface area contributed by atoms with Gasteiger partial charge in [0, 0.05) is 12.6 Å². The molecule has 1 aliphatic heterocycles. The molecule has 2 N–H and O–H groups in total. The maximum atomic E-state index is 12.2. The normalized spacial score (nSPS) is 17.3. The molecule has 0 radical (unpaired) electrons. The molecule has 8 heteroatoms. The predicted molar refractivity (Wildman–Crippen MR) is 101 cm³/mol. The van der Waals surface area contributed by atoms with Crippen molar-refractivity contribution >= 4 is 52.2 Å². The van der Waals surface area contributed by atoms with Gasteiger partial charge in [-0.15, -0.1) is 0 Å². The third kappa shape index (κ3) is 4.46. The minimum absolute atomic E-state index is 0.155. The summed E-state index contributed by atoms with van der Waals surface area (Å²) in [5, 5.41) is 11.6. The Hall–Kier alpha value is -2.19. The Morgan fingerprint density at radius 1 is 1.28 bits per heavy atom. The number of carbonyl (C=O) groups is 3. The molecule has 1 unspecified atom stereocenters. The van der Waals surface area contributed by atoms with E-state index in [2.05, 4.69) is 5.32 Å². The van der Waals surface area contributed by atoms with E-state index in [-0.39, 0.29) is 11.8 Å². The van der Waals surface area contributed by atoms with E-state index in [0.717, 1.165) is 5.56 Å². The molecule has 2 amide bonds. The molecule has 1 aromatic carbocycles. The number of amides is 2. The maximum Gasteiger partial charge on any atom is 0.326 e. The van der Waals surface area contributed by atoms with Gasteiger partial charge < -0.3 is 10.4 Å². The van der Waals surface area contributed by atoms with Crippen LogP contribution in [-0.2, 0) is 9.59 Å². The van der Waals surface area contributed by atoms with Crippen LogP contribution < -0.4 is 5.32 Å². The summed E-state index contributed by atoms with van der Waals surface area (Å²) in [4.78, 5) is 37.3. The Labute approximate surface area is 155 Å². The zero-order valence-corrected chi connectivity index (χ0v) is 15.6. The molecule has 1 aromatic rings. The number of likely N-dealkylation sites (N-methyl/N-ethyl adjacent to an activating group) is 1. The standard InChI is InChI=1S/C17H18N2O4S2/c1-9(2)13(16(22)23)18-14(20)11-6-4-10(5-7-11)8-12-15(21)19(3)17(24)25-12/h4-9,13H,1-3H3,(H,18,20)(H,22,23)/b12-8+. The summed E-state index contributed by atoms with van der Waals surface area (Å²) < 4.78 is 0.501. The SMILES string of the molecule is CC(C)C(NC(=O)c1ccc(/C=C2/SC(=S)N(C)C2=O)cc1)C(=O)O. The molecule has 1 saturated heterocycles. The minimum Gasteiger partial charge on any atom is -0.480 e. The van der Waals surface area contributed by atoms with Crippen LogP contribution in [0.4, 0.5) is 0 Å². The Morgan fingerprint density at radius 3 is 2.32 bits per heavy atom. The third-order valence-corrected chi connectivity index (χ3v) is 5.16. The smallest absolute Gasteiger partial charge is 0.326 e. The Morgan fingerprint density at radius 2 is 1.88 bits per heavy atom. The average molecular weight is 378 g/mol. The highest BCUT2D eigenvalue weighted by molar-refractivity contribution is 8.26. The van der Waals surface area contributed by atoms with E-state index in [0.29, 0.717) is 14.8 Å². The van der Waals surface area contributed by atoms with Crippen LogP contribution in [0, 0.1) is 5.92 Å². The predicted octanol–water partition coefficient (Wildman–Crippen LogP) is 2.36. The van der Waals surface area contributed by atoms with Gasteiger partial charge in [-0.25, -0.2) is 4.79 Å². The Balaban J connectivity index is 2.12. The fourth-order valence-corrected chi connectivity index (χ4v) is 3.35. The van der Waals surface area contributed by atoms with Crippen molar-refractivity contribution in [3.63, 3.8) is 0 Å². The van der Waals surface area contributed by atoms with Gasteiger partial charge in [0.15, 0.2) is 0 Å². The number of thioether (sulfide) groups is 1. The van der Waals surface area contributed by atoms with Crippen molar-refractivity contribution in [1.82, 2.24) is 10.2 Å². The first kappa shape index (κ1) is 19.1. The summed E-state index contributed by atoms with van der Waals surface area (Å²) in [6, 6.07) is 5.63. The third-order valence-electron chi connectivity index (χ3n) is 3.68. The summed E-state index contributed by atoms with van der Waals surface area (Å²) in [5.74, 6) is -1.90. The van der Waals surface area contributed by atoms with Gasteiger partial charge in [-0.1, -0.05) is 50.0 Å². The number of carbonyl (C=O) groups excluding carboxylic acids is 2. The van der Waals surface area contributed by atoms with Crippen LogP contribution in [0.1, 0.15) is 29.8 Å². The van der Waals surface area contributed by atoms with Gasteiger partial charge in [0.25, 0.3) is 11.8 Å². The minimum atomic E-state index is -1.07. The molecular weight excluding hydrogens is 360 g/mol. The molecule has 0 bridgehead atoms. The molecule has 25 heavy (non-hydrogen) atoms. The monoisotopic (exact) mass is 378 g/mol. The molecule has 1 fully saturated rings. The lowest BCUT2D eigenvalue weighted by Gasteiger charge is -2.17. The quantitative estimate of drug-likeness (QED) is 0.604. The van der Waals surface area contributed by atoms with E-state index in [1.807, 2.05) is 0 Å². The number of carboxylic acid groups (broad SMARTS) is 1. The van der Waals surface area contributed by atoms with Crippen LogP contribution in [0.15, 0.2) is 29.2 Å². The number of aliphatic carboxylic acids is 1. The van der Waals surface area contributed by atoms with Crippen LogP contribution in [0.25, 0.3) is 6.08 Å². The van der Waals surface area contributed by atoms with Gasteiger partial charge >= 0.3 is 5.97 Å². The van der Waals surface area contributed by atoms with E-state index < -0.39 is 17.9 Å². The summed E-state index contributed by atoms with van der Waals surface area (Å²) >= 11 is 6.30. The zero-order chi connectivity index (χ0) is 18.7. The first-order valence-corrected chi connectivity index (χ1v) is 8.78. The largest absolute Gasteiger partial charge is 0.480 e. The van der Waals surface area contributed by atoms with E-state index >= 15 is 0 Å². The second kappa shape index (κ2) is 7.79. The topological polar surface area (TPSA) is 86.7 Å². The van der Waals surface area contributed by atoms with Crippen LogP contribution in [0.5, 0.6) is 0 Å². The fraction of sp³-hybridized carbons (Fsp3) is 0.294. The second-order valence-corrected chi connectivity index (χ2v) is 7.57. The summed E-state index contributed by atoms with van der Waals surface area (Å²) in [7, 11) is 1.62. The molecule has 0 aliphatic carbocycles.